The summed E-state index contributed by atoms with van der Waals surface area (Å²) in [6, 6.07) is 9.30. The predicted molar refractivity (Wildman–Crippen MR) is 123 cm³/mol. The number of piperidine rings is 1. The zero-order valence-corrected chi connectivity index (χ0v) is 18.5. The number of nitrogens with zero attached hydrogens (tertiary/aromatic N) is 2. The number of halogens is 1. The predicted octanol–water partition coefficient (Wildman–Crippen LogP) is 4.32. The molecule has 0 bridgehead atoms. The van der Waals surface area contributed by atoms with Crippen LogP contribution in [0.15, 0.2) is 42.1 Å². The van der Waals surface area contributed by atoms with Crippen LogP contribution in [-0.4, -0.2) is 48.0 Å². The molecule has 6 heteroatoms. The number of pyridine rings is 1. The zero-order chi connectivity index (χ0) is 22.0. The number of carbonyl (C=O) groups is 1. The molecule has 2 aliphatic heterocycles. The van der Waals surface area contributed by atoms with Gasteiger partial charge in [-0.2, -0.15) is 4.39 Å². The van der Waals surface area contributed by atoms with Crippen molar-refractivity contribution >= 4 is 17.2 Å². The number of likely N-dealkylation sites (tertiary alicyclic amines) is 1. The van der Waals surface area contributed by atoms with Gasteiger partial charge in [0.05, 0.1) is 0 Å². The molecule has 2 N–H and O–H groups in total. The molecule has 0 atom stereocenters. The zero-order valence-electron chi connectivity index (χ0n) is 18.5. The fraction of sp³-hybridized carbons (Fsp3) is 0.440. The average Bonchev–Trinajstić information content (AvgIpc) is 2.74. The van der Waals surface area contributed by atoms with Crippen LogP contribution in [0.5, 0.6) is 0 Å². The summed E-state index contributed by atoms with van der Waals surface area (Å²) in [6.07, 6.45) is 3.38. The quantitative estimate of drug-likeness (QED) is 0.705. The average molecular weight is 423 g/mol. The minimum Gasteiger partial charge on any atom is -0.381 e. The van der Waals surface area contributed by atoms with Gasteiger partial charge in [0.2, 0.25) is 5.95 Å². The second-order valence-corrected chi connectivity index (χ2v) is 9.05. The molecule has 164 valence electrons. The van der Waals surface area contributed by atoms with Crippen LogP contribution < -0.4 is 10.6 Å². The third-order valence-electron chi connectivity index (χ3n) is 6.10. The Morgan fingerprint density at radius 3 is 2.74 bits per heavy atom. The van der Waals surface area contributed by atoms with Gasteiger partial charge >= 0.3 is 0 Å². The van der Waals surface area contributed by atoms with E-state index < -0.39 is 5.95 Å². The molecular formula is C25H31FN4O. The van der Waals surface area contributed by atoms with E-state index in [2.05, 4.69) is 34.4 Å². The van der Waals surface area contributed by atoms with Gasteiger partial charge in [-0.1, -0.05) is 19.9 Å². The smallest absolute Gasteiger partial charge is 0.252 e. The van der Waals surface area contributed by atoms with Crippen molar-refractivity contribution in [1.29, 1.82) is 0 Å². The highest BCUT2D eigenvalue weighted by Crippen LogP contribution is 2.35. The van der Waals surface area contributed by atoms with Crippen molar-refractivity contribution in [3.63, 3.8) is 0 Å². The van der Waals surface area contributed by atoms with Crippen molar-refractivity contribution in [2.24, 2.45) is 5.92 Å². The summed E-state index contributed by atoms with van der Waals surface area (Å²) in [4.78, 5) is 19.6. The van der Waals surface area contributed by atoms with Crippen LogP contribution in [-0.2, 0) is 4.79 Å². The summed E-state index contributed by atoms with van der Waals surface area (Å²) < 4.78 is 14.2. The van der Waals surface area contributed by atoms with Gasteiger partial charge in [-0.15, -0.1) is 0 Å². The van der Waals surface area contributed by atoms with Gasteiger partial charge in [0.25, 0.3) is 5.91 Å². The third kappa shape index (κ3) is 4.79. The van der Waals surface area contributed by atoms with Gasteiger partial charge in [-0.3, -0.25) is 4.79 Å². The van der Waals surface area contributed by atoms with Gasteiger partial charge < -0.3 is 15.5 Å². The lowest BCUT2D eigenvalue weighted by Gasteiger charge is -2.34. The largest absolute Gasteiger partial charge is 0.381 e. The second kappa shape index (κ2) is 9.18. The molecule has 5 nitrogen and oxygen atoms in total. The Labute approximate surface area is 183 Å². The maximum atomic E-state index is 14.2. The molecule has 31 heavy (non-hydrogen) atoms. The van der Waals surface area contributed by atoms with Crippen LogP contribution >= 0.6 is 0 Å². The van der Waals surface area contributed by atoms with E-state index in [1.165, 1.54) is 6.20 Å². The first-order chi connectivity index (χ1) is 14.9. The molecule has 4 rings (SSSR count). The van der Waals surface area contributed by atoms with E-state index in [1.54, 1.807) is 12.1 Å². The van der Waals surface area contributed by atoms with Crippen LogP contribution in [0, 0.1) is 11.9 Å². The molecule has 2 aliphatic rings. The molecule has 0 saturated carbocycles. The molecule has 0 radical (unpaired) electrons. The standard InChI is InChI=1S/C25H31FN4O/c1-16(2)15-30-11-8-19(9-12-30)29-25(31)23-17(3)14-28-22-7-6-18(13-21(22)23)20-5-4-10-27-24(20)26/h4-7,10,13,16,19,28H,8-9,11-12,14-15H2,1-3H3,(H,29,31). The molecule has 1 aromatic carbocycles. The van der Waals surface area contributed by atoms with Gasteiger partial charge in [0, 0.05) is 60.8 Å². The van der Waals surface area contributed by atoms with E-state index in [0.29, 0.717) is 29.2 Å². The SMILES string of the molecule is CC1=C(C(=O)NC2CCN(CC(C)C)CC2)c2cc(-c3cccnc3F)ccc2NC1. The van der Waals surface area contributed by atoms with Gasteiger partial charge in [-0.05, 0) is 61.1 Å². The second-order valence-electron chi connectivity index (χ2n) is 9.05. The summed E-state index contributed by atoms with van der Waals surface area (Å²) in [5.74, 6) is 0.112. The number of hydrogen-bond acceptors (Lipinski definition) is 4. The normalized spacial score (nSPS) is 17.5. The van der Waals surface area contributed by atoms with Crippen molar-refractivity contribution in [3.05, 3.63) is 53.6 Å². The van der Waals surface area contributed by atoms with Crippen molar-refractivity contribution in [2.75, 3.05) is 31.5 Å². The van der Waals surface area contributed by atoms with E-state index in [0.717, 1.165) is 49.3 Å². The van der Waals surface area contributed by atoms with Crippen LogP contribution in [0.3, 0.4) is 0 Å². The Morgan fingerprint density at radius 2 is 2.03 bits per heavy atom. The Hall–Kier alpha value is -2.73. The number of amides is 1. The number of carbonyl (C=O) groups excluding carboxylic acids is 1. The highest BCUT2D eigenvalue weighted by atomic mass is 19.1. The Bertz CT molecular complexity index is 993. The monoisotopic (exact) mass is 422 g/mol. The Balaban J connectivity index is 1.53. The van der Waals surface area contributed by atoms with Gasteiger partial charge in [0.15, 0.2) is 0 Å². The highest BCUT2D eigenvalue weighted by Gasteiger charge is 2.27. The van der Waals surface area contributed by atoms with Crippen molar-refractivity contribution < 1.29 is 9.18 Å². The molecule has 1 amide bonds. The van der Waals surface area contributed by atoms with Crippen LogP contribution in [0.1, 0.15) is 39.2 Å². The number of benzene rings is 1. The maximum absolute atomic E-state index is 14.2. The van der Waals surface area contributed by atoms with E-state index in [4.69, 9.17) is 0 Å². The molecule has 0 aliphatic carbocycles. The summed E-state index contributed by atoms with van der Waals surface area (Å²) in [7, 11) is 0. The lowest BCUT2D eigenvalue weighted by Crippen LogP contribution is -2.46. The summed E-state index contributed by atoms with van der Waals surface area (Å²) >= 11 is 0. The first-order valence-electron chi connectivity index (χ1n) is 11.1. The van der Waals surface area contributed by atoms with E-state index in [-0.39, 0.29) is 11.9 Å². The van der Waals surface area contributed by atoms with E-state index in [1.807, 2.05) is 25.1 Å². The Kier molecular flexibility index (Phi) is 6.37. The first kappa shape index (κ1) is 21.5. The first-order valence-corrected chi connectivity index (χ1v) is 11.1. The number of anilines is 1. The minimum absolute atomic E-state index is 0.0358. The molecule has 1 saturated heterocycles. The molecule has 1 aromatic heterocycles. The van der Waals surface area contributed by atoms with E-state index >= 15 is 0 Å². The van der Waals surface area contributed by atoms with Gasteiger partial charge in [0.1, 0.15) is 0 Å². The van der Waals surface area contributed by atoms with E-state index in [9.17, 15) is 9.18 Å². The Morgan fingerprint density at radius 1 is 1.26 bits per heavy atom. The summed E-state index contributed by atoms with van der Waals surface area (Å²) in [6.45, 7) is 10.2. The van der Waals surface area contributed by atoms with Gasteiger partial charge in [-0.25, -0.2) is 4.98 Å². The molecule has 0 spiro atoms. The fourth-order valence-electron chi connectivity index (χ4n) is 4.57. The van der Waals surface area contributed by atoms with Crippen molar-refractivity contribution in [1.82, 2.24) is 15.2 Å². The number of nitrogens with one attached hydrogen (secondary N) is 2. The number of fused-ring (bicyclic) bond motifs is 1. The lowest BCUT2D eigenvalue weighted by atomic mass is 9.91. The topological polar surface area (TPSA) is 57.3 Å². The van der Waals surface area contributed by atoms with Crippen molar-refractivity contribution in [3.8, 4) is 11.1 Å². The number of hydrogen-bond donors (Lipinski definition) is 2. The van der Waals surface area contributed by atoms with Crippen molar-refractivity contribution in [2.45, 2.75) is 39.7 Å². The minimum atomic E-state index is -0.508. The van der Waals surface area contributed by atoms with Crippen LogP contribution in [0.4, 0.5) is 10.1 Å². The maximum Gasteiger partial charge on any atom is 0.252 e. The highest BCUT2D eigenvalue weighted by molar-refractivity contribution is 6.23. The molecular weight excluding hydrogens is 391 g/mol. The fourth-order valence-corrected chi connectivity index (χ4v) is 4.57. The summed E-state index contributed by atoms with van der Waals surface area (Å²) in [5, 5.41) is 6.63. The van der Waals surface area contributed by atoms with Crippen LogP contribution in [0.25, 0.3) is 16.7 Å². The lowest BCUT2D eigenvalue weighted by molar-refractivity contribution is -0.116. The number of aromatic nitrogens is 1. The molecule has 2 aromatic rings. The van der Waals surface area contributed by atoms with Crippen LogP contribution in [0.2, 0.25) is 0 Å². The number of rotatable bonds is 5. The third-order valence-corrected chi connectivity index (χ3v) is 6.10. The molecule has 1 fully saturated rings. The molecule has 0 unspecified atom stereocenters. The molecule has 3 heterocycles. The summed E-state index contributed by atoms with van der Waals surface area (Å²) in [5.41, 5.74) is 4.56.